The third-order valence-electron chi connectivity index (χ3n) is 2.46. The molecule has 0 aliphatic carbocycles. The highest BCUT2D eigenvalue weighted by atomic mass is 31.1. The van der Waals surface area contributed by atoms with Crippen LogP contribution < -0.4 is 0 Å². The quantitative estimate of drug-likeness (QED) is 0.368. The van der Waals surface area contributed by atoms with Gasteiger partial charge in [0, 0.05) is 6.42 Å². The Kier molecular flexibility index (Phi) is 9.18. The molecule has 90 valence electrons. The number of hydrogen-bond acceptors (Lipinski definition) is 1. The molecule has 0 aromatic carbocycles. The van der Waals surface area contributed by atoms with Crippen molar-refractivity contribution in [2.75, 3.05) is 0 Å². The molecule has 15 heavy (non-hydrogen) atoms. The minimum Gasteiger partial charge on any atom is -0.268 e. The Hall–Kier alpha value is -0.0400. The molecule has 0 heterocycles. The Labute approximate surface area is 92.8 Å². The van der Waals surface area contributed by atoms with Crippen molar-refractivity contribution >= 4 is 8.46 Å². The topological polar surface area (TPSA) is 17.1 Å². The Morgan fingerprint density at radius 2 is 1.40 bits per heavy atom. The third kappa shape index (κ3) is 10.2. The van der Waals surface area contributed by atoms with Crippen LogP contribution in [0.2, 0.25) is 0 Å². The maximum absolute atomic E-state index is 12.5. The van der Waals surface area contributed by atoms with Crippen LogP contribution in [0.25, 0.3) is 0 Å². The lowest BCUT2D eigenvalue weighted by atomic mass is 10.1. The second kappa shape index (κ2) is 9.21. The fourth-order valence-electron chi connectivity index (χ4n) is 1.52. The van der Waals surface area contributed by atoms with Gasteiger partial charge >= 0.3 is 5.66 Å². The summed E-state index contributed by atoms with van der Waals surface area (Å²) < 4.78 is 35.0. The minimum atomic E-state index is -3.00. The normalized spacial score (nSPS) is 12.2. The van der Waals surface area contributed by atoms with Gasteiger partial charge < -0.3 is 0 Å². The van der Waals surface area contributed by atoms with E-state index >= 15 is 0 Å². The molecular weight excluding hydrogens is 217 g/mol. The molecule has 0 unspecified atom stereocenters. The Morgan fingerprint density at radius 3 is 1.87 bits per heavy atom. The van der Waals surface area contributed by atoms with Gasteiger partial charge in [0.25, 0.3) is 0 Å². The van der Waals surface area contributed by atoms with E-state index in [1.807, 2.05) is 0 Å². The van der Waals surface area contributed by atoms with Crippen LogP contribution in [0, 0.1) is 0 Å². The van der Waals surface area contributed by atoms with Gasteiger partial charge in [-0.25, -0.2) is 0 Å². The molecular formula is C11H21F2OP. The van der Waals surface area contributed by atoms with E-state index in [1.165, 1.54) is 25.7 Å². The second-order valence-electron chi connectivity index (χ2n) is 3.98. The van der Waals surface area contributed by atoms with Crippen molar-refractivity contribution in [1.82, 2.24) is 0 Å². The van der Waals surface area contributed by atoms with Crippen molar-refractivity contribution in [2.45, 2.75) is 70.4 Å². The summed E-state index contributed by atoms with van der Waals surface area (Å²) in [5.74, 6) is 0. The van der Waals surface area contributed by atoms with E-state index in [0.29, 0.717) is 6.42 Å². The maximum Gasteiger partial charge on any atom is 0.325 e. The van der Waals surface area contributed by atoms with Crippen LogP contribution in [-0.2, 0) is 4.57 Å². The summed E-state index contributed by atoms with van der Waals surface area (Å²) in [6.45, 7) is 2.17. The van der Waals surface area contributed by atoms with E-state index in [1.54, 1.807) is 0 Å². The number of alkyl halides is 2. The zero-order valence-electron chi connectivity index (χ0n) is 9.48. The van der Waals surface area contributed by atoms with E-state index < -0.39 is 14.1 Å². The highest BCUT2D eigenvalue weighted by Crippen LogP contribution is 2.32. The molecule has 0 aliphatic heterocycles. The van der Waals surface area contributed by atoms with E-state index in [2.05, 4.69) is 6.92 Å². The lowest BCUT2D eigenvalue weighted by Gasteiger charge is -2.06. The molecule has 0 saturated heterocycles. The van der Waals surface area contributed by atoms with Crippen LogP contribution in [0.15, 0.2) is 0 Å². The fourth-order valence-corrected chi connectivity index (χ4v) is 1.77. The Bertz CT molecular complexity index is 163. The van der Waals surface area contributed by atoms with E-state index in [0.717, 1.165) is 19.3 Å². The van der Waals surface area contributed by atoms with E-state index in [9.17, 15) is 13.3 Å². The molecule has 0 aromatic heterocycles. The van der Waals surface area contributed by atoms with Gasteiger partial charge in [0.2, 0.25) is 8.46 Å². The molecule has 1 nitrogen and oxygen atoms in total. The van der Waals surface area contributed by atoms with Crippen LogP contribution in [0.3, 0.4) is 0 Å². The molecule has 0 rings (SSSR count). The van der Waals surface area contributed by atoms with Gasteiger partial charge in [0.1, 0.15) is 0 Å². The van der Waals surface area contributed by atoms with Crippen LogP contribution in [-0.4, -0.2) is 5.66 Å². The van der Waals surface area contributed by atoms with E-state index in [-0.39, 0.29) is 6.42 Å². The Morgan fingerprint density at radius 1 is 0.933 bits per heavy atom. The third-order valence-corrected chi connectivity index (χ3v) is 2.96. The summed E-state index contributed by atoms with van der Waals surface area (Å²) in [6.07, 6.45) is 8.20. The van der Waals surface area contributed by atoms with Gasteiger partial charge in [-0.2, -0.15) is 8.78 Å². The van der Waals surface area contributed by atoms with Gasteiger partial charge in [-0.3, -0.25) is 4.57 Å². The lowest BCUT2D eigenvalue weighted by molar-refractivity contribution is 0.0847. The second-order valence-corrected chi connectivity index (χ2v) is 4.82. The van der Waals surface area contributed by atoms with Crippen LogP contribution in [0.1, 0.15) is 64.7 Å². The lowest BCUT2D eigenvalue weighted by Crippen LogP contribution is -2.04. The standard InChI is InChI=1S/C11H21F2OP/c1-2-3-4-5-6-7-8-9-10-11(12,13)15-14/h2-10H2,1H3. The predicted molar refractivity (Wildman–Crippen MR) is 59.8 cm³/mol. The largest absolute Gasteiger partial charge is 0.325 e. The summed E-state index contributed by atoms with van der Waals surface area (Å²) in [7, 11) is -1.03. The molecule has 4 heteroatoms. The van der Waals surface area contributed by atoms with Crippen molar-refractivity contribution in [3.05, 3.63) is 0 Å². The first-order valence-corrected chi connectivity index (χ1v) is 6.66. The predicted octanol–water partition coefficient (Wildman–Crippen LogP) is 5.40. The highest BCUT2D eigenvalue weighted by Gasteiger charge is 2.28. The first-order valence-electron chi connectivity index (χ1n) is 5.84. The average molecular weight is 238 g/mol. The van der Waals surface area contributed by atoms with Crippen LogP contribution in [0.5, 0.6) is 0 Å². The molecule has 0 N–H and O–H groups in total. The van der Waals surface area contributed by atoms with Crippen molar-refractivity contribution in [3.8, 4) is 0 Å². The zero-order valence-corrected chi connectivity index (χ0v) is 10.4. The van der Waals surface area contributed by atoms with Crippen molar-refractivity contribution in [2.24, 2.45) is 0 Å². The highest BCUT2D eigenvalue weighted by molar-refractivity contribution is 7.25. The summed E-state index contributed by atoms with van der Waals surface area (Å²) in [5.41, 5.74) is -3.00. The molecule has 0 aromatic rings. The molecule has 0 spiro atoms. The molecule has 0 saturated carbocycles. The maximum atomic E-state index is 12.5. The van der Waals surface area contributed by atoms with E-state index in [4.69, 9.17) is 0 Å². The smallest absolute Gasteiger partial charge is 0.268 e. The monoisotopic (exact) mass is 238 g/mol. The summed E-state index contributed by atoms with van der Waals surface area (Å²) >= 11 is 0. The molecule has 0 amide bonds. The van der Waals surface area contributed by atoms with Crippen LogP contribution in [0.4, 0.5) is 8.78 Å². The number of hydrogen-bond donors (Lipinski definition) is 0. The SMILES string of the molecule is CCCCCCCCCCC(F)(F)P=O. The summed E-state index contributed by atoms with van der Waals surface area (Å²) in [4.78, 5) is 0. The number of halogens is 2. The van der Waals surface area contributed by atoms with Gasteiger partial charge in [-0.1, -0.05) is 51.9 Å². The first kappa shape index (κ1) is 15.0. The molecule has 0 radical (unpaired) electrons. The zero-order chi connectivity index (χ0) is 11.6. The van der Waals surface area contributed by atoms with Crippen molar-refractivity contribution < 1.29 is 13.3 Å². The number of rotatable bonds is 10. The summed E-state index contributed by atoms with van der Waals surface area (Å²) in [5, 5.41) is 0. The van der Waals surface area contributed by atoms with Gasteiger partial charge in [-0.15, -0.1) is 0 Å². The van der Waals surface area contributed by atoms with Gasteiger partial charge in [0.15, 0.2) is 0 Å². The number of unbranched alkanes of at least 4 members (excludes halogenated alkanes) is 7. The fraction of sp³-hybridized carbons (Fsp3) is 1.00. The molecule has 0 bridgehead atoms. The van der Waals surface area contributed by atoms with Gasteiger partial charge in [0.05, 0.1) is 0 Å². The average Bonchev–Trinajstić information content (AvgIpc) is 2.22. The van der Waals surface area contributed by atoms with Crippen molar-refractivity contribution in [3.63, 3.8) is 0 Å². The Balaban J connectivity index is 3.15. The van der Waals surface area contributed by atoms with Crippen molar-refractivity contribution in [1.29, 1.82) is 0 Å². The molecule has 0 atom stereocenters. The molecule has 0 aliphatic rings. The minimum absolute atomic E-state index is 0.243. The van der Waals surface area contributed by atoms with Gasteiger partial charge in [-0.05, 0) is 6.42 Å². The van der Waals surface area contributed by atoms with Crippen LogP contribution >= 0.6 is 8.46 Å². The first-order chi connectivity index (χ1) is 7.12. The summed E-state index contributed by atoms with van der Waals surface area (Å²) in [6, 6.07) is 0. The molecule has 0 fully saturated rings.